The Morgan fingerprint density at radius 3 is 2.14 bits per heavy atom. The van der Waals surface area contributed by atoms with Gasteiger partial charge in [-0.1, -0.05) is 42.5 Å². The number of nitrogens with one attached hydrogen (secondary N) is 1. The quantitative estimate of drug-likeness (QED) is 0.855. The van der Waals surface area contributed by atoms with Crippen molar-refractivity contribution in [1.82, 2.24) is 4.72 Å². The van der Waals surface area contributed by atoms with Gasteiger partial charge in [-0.2, -0.15) is 0 Å². The van der Waals surface area contributed by atoms with Crippen molar-refractivity contribution in [2.45, 2.75) is 12.3 Å². The third-order valence-corrected chi connectivity index (χ3v) is 4.19. The lowest BCUT2D eigenvalue weighted by molar-refractivity contribution is 0.0697. The zero-order chi connectivity index (χ0) is 15.3. The van der Waals surface area contributed by atoms with Crippen molar-refractivity contribution in [3.05, 3.63) is 71.3 Å². The van der Waals surface area contributed by atoms with E-state index in [0.717, 1.165) is 5.56 Å². The Bertz CT molecular complexity index is 709. The predicted molar refractivity (Wildman–Crippen MR) is 79.3 cm³/mol. The summed E-state index contributed by atoms with van der Waals surface area (Å²) in [6.45, 7) is 0.233. The molecule has 0 bridgehead atoms. The molecule has 0 saturated carbocycles. The fraction of sp³-hybridized carbons (Fsp3) is 0.133. The lowest BCUT2D eigenvalue weighted by atomic mass is 10.1. The van der Waals surface area contributed by atoms with E-state index in [1.54, 1.807) is 0 Å². The summed E-state index contributed by atoms with van der Waals surface area (Å²) in [5.41, 5.74) is 1.55. The molecular formula is C15H15NO4S. The maximum absolute atomic E-state index is 12.0. The number of benzene rings is 2. The molecule has 0 saturated heterocycles. The van der Waals surface area contributed by atoms with Crippen LogP contribution in [0.3, 0.4) is 0 Å². The summed E-state index contributed by atoms with van der Waals surface area (Å²) in [4.78, 5) is 10.7. The van der Waals surface area contributed by atoms with Gasteiger partial charge in [0.25, 0.3) is 0 Å². The minimum atomic E-state index is -3.46. The van der Waals surface area contributed by atoms with Gasteiger partial charge in [0.2, 0.25) is 10.0 Å². The smallest absolute Gasteiger partial charge is 0.335 e. The first-order valence-electron chi connectivity index (χ1n) is 6.30. The minimum Gasteiger partial charge on any atom is -0.478 e. The van der Waals surface area contributed by atoms with E-state index in [-0.39, 0.29) is 17.9 Å². The second-order valence-corrected chi connectivity index (χ2v) is 6.37. The minimum absolute atomic E-state index is 0.133. The molecule has 0 fully saturated rings. The van der Waals surface area contributed by atoms with Gasteiger partial charge in [-0.3, -0.25) is 0 Å². The van der Waals surface area contributed by atoms with Crippen LogP contribution in [-0.4, -0.2) is 19.5 Å². The van der Waals surface area contributed by atoms with Gasteiger partial charge in [0.15, 0.2) is 0 Å². The largest absolute Gasteiger partial charge is 0.478 e. The molecule has 0 spiro atoms. The molecule has 0 unspecified atom stereocenters. The van der Waals surface area contributed by atoms with E-state index in [1.165, 1.54) is 24.3 Å². The van der Waals surface area contributed by atoms with Crippen LogP contribution in [0.4, 0.5) is 0 Å². The van der Waals surface area contributed by atoms with E-state index in [9.17, 15) is 13.2 Å². The summed E-state index contributed by atoms with van der Waals surface area (Å²) in [6, 6.07) is 15.0. The molecule has 2 N–H and O–H groups in total. The molecule has 0 aliphatic heterocycles. The summed E-state index contributed by atoms with van der Waals surface area (Å²) in [5, 5.41) is 8.79. The summed E-state index contributed by atoms with van der Waals surface area (Å²) >= 11 is 0. The van der Waals surface area contributed by atoms with Gasteiger partial charge in [0, 0.05) is 6.54 Å². The van der Waals surface area contributed by atoms with Crippen LogP contribution < -0.4 is 4.72 Å². The third kappa shape index (κ3) is 4.70. The Kier molecular flexibility index (Phi) is 4.72. The molecule has 0 heterocycles. The van der Waals surface area contributed by atoms with Crippen LogP contribution in [0.1, 0.15) is 21.5 Å². The van der Waals surface area contributed by atoms with Crippen molar-refractivity contribution in [2.75, 3.05) is 0 Å². The molecule has 21 heavy (non-hydrogen) atoms. The second-order valence-electron chi connectivity index (χ2n) is 4.57. The van der Waals surface area contributed by atoms with Crippen LogP contribution in [0.15, 0.2) is 54.6 Å². The molecule has 6 heteroatoms. The van der Waals surface area contributed by atoms with Crippen molar-refractivity contribution in [2.24, 2.45) is 0 Å². The Labute approximate surface area is 123 Å². The summed E-state index contributed by atoms with van der Waals surface area (Å²) < 4.78 is 26.4. The van der Waals surface area contributed by atoms with Gasteiger partial charge in [0.05, 0.1) is 11.3 Å². The molecule has 110 valence electrons. The average molecular weight is 305 g/mol. The number of hydrogen-bond donors (Lipinski definition) is 2. The Hall–Kier alpha value is -2.18. The Morgan fingerprint density at radius 1 is 0.952 bits per heavy atom. The molecule has 0 aromatic heterocycles. The molecule has 2 rings (SSSR count). The molecule has 0 amide bonds. The van der Waals surface area contributed by atoms with E-state index in [2.05, 4.69) is 4.72 Å². The van der Waals surface area contributed by atoms with Gasteiger partial charge >= 0.3 is 5.97 Å². The highest BCUT2D eigenvalue weighted by Crippen LogP contribution is 2.08. The Morgan fingerprint density at radius 2 is 1.57 bits per heavy atom. The summed E-state index contributed by atoms with van der Waals surface area (Å²) in [5.74, 6) is -1.22. The second kappa shape index (κ2) is 6.51. The van der Waals surface area contributed by atoms with Crippen LogP contribution in [-0.2, 0) is 22.3 Å². The topological polar surface area (TPSA) is 83.5 Å². The van der Waals surface area contributed by atoms with E-state index in [0.29, 0.717) is 5.56 Å². The maximum Gasteiger partial charge on any atom is 0.335 e. The van der Waals surface area contributed by atoms with Crippen LogP contribution in [0.2, 0.25) is 0 Å². The number of sulfonamides is 1. The SMILES string of the molecule is O=C(O)c1ccc(CS(=O)(=O)NCc2ccccc2)cc1. The van der Waals surface area contributed by atoms with Crippen molar-refractivity contribution in [3.63, 3.8) is 0 Å². The fourth-order valence-corrected chi connectivity index (χ4v) is 2.92. The van der Waals surface area contributed by atoms with Gasteiger partial charge in [-0.25, -0.2) is 17.9 Å². The molecule has 0 atom stereocenters. The lowest BCUT2D eigenvalue weighted by Crippen LogP contribution is -2.24. The first kappa shape index (κ1) is 15.2. The molecule has 0 aliphatic rings. The standard InChI is InChI=1S/C15H15NO4S/c17-15(18)14-8-6-13(7-9-14)11-21(19,20)16-10-12-4-2-1-3-5-12/h1-9,16H,10-11H2,(H,17,18). The first-order chi connectivity index (χ1) is 9.96. The summed E-state index contributed by atoms with van der Waals surface area (Å²) in [6.07, 6.45) is 0. The number of aromatic carboxylic acids is 1. The number of carboxylic acids is 1. The molecule has 0 radical (unpaired) electrons. The van der Waals surface area contributed by atoms with Gasteiger partial charge in [-0.15, -0.1) is 0 Å². The van der Waals surface area contributed by atoms with Crippen molar-refractivity contribution < 1.29 is 18.3 Å². The van der Waals surface area contributed by atoms with Gasteiger partial charge in [-0.05, 0) is 23.3 Å². The maximum atomic E-state index is 12.0. The molecule has 2 aromatic rings. The van der Waals surface area contributed by atoms with Crippen LogP contribution in [0.25, 0.3) is 0 Å². The lowest BCUT2D eigenvalue weighted by Gasteiger charge is -2.07. The van der Waals surface area contributed by atoms with E-state index in [4.69, 9.17) is 5.11 Å². The van der Waals surface area contributed by atoms with Crippen molar-refractivity contribution in [1.29, 1.82) is 0 Å². The first-order valence-corrected chi connectivity index (χ1v) is 7.95. The molecule has 2 aromatic carbocycles. The van der Waals surface area contributed by atoms with Crippen molar-refractivity contribution in [3.8, 4) is 0 Å². The van der Waals surface area contributed by atoms with Gasteiger partial charge < -0.3 is 5.11 Å². The van der Waals surface area contributed by atoms with Crippen LogP contribution in [0, 0.1) is 0 Å². The zero-order valence-corrected chi connectivity index (χ0v) is 12.0. The monoisotopic (exact) mass is 305 g/mol. The molecule has 5 nitrogen and oxygen atoms in total. The highest BCUT2D eigenvalue weighted by molar-refractivity contribution is 7.88. The Balaban J connectivity index is 1.99. The van der Waals surface area contributed by atoms with Crippen molar-refractivity contribution >= 4 is 16.0 Å². The molecule has 0 aliphatic carbocycles. The summed E-state index contributed by atoms with van der Waals surface area (Å²) in [7, 11) is -3.46. The van der Waals surface area contributed by atoms with E-state index in [1.807, 2.05) is 30.3 Å². The highest BCUT2D eigenvalue weighted by Gasteiger charge is 2.12. The molecular weight excluding hydrogens is 290 g/mol. The third-order valence-electron chi connectivity index (χ3n) is 2.90. The number of rotatable bonds is 6. The average Bonchev–Trinajstić information content (AvgIpc) is 2.46. The van der Waals surface area contributed by atoms with Gasteiger partial charge in [0.1, 0.15) is 0 Å². The van der Waals surface area contributed by atoms with Crippen LogP contribution >= 0.6 is 0 Å². The van der Waals surface area contributed by atoms with E-state index >= 15 is 0 Å². The predicted octanol–water partition coefficient (Wildman–Crippen LogP) is 2.00. The van der Waals surface area contributed by atoms with E-state index < -0.39 is 16.0 Å². The number of hydrogen-bond acceptors (Lipinski definition) is 3. The highest BCUT2D eigenvalue weighted by atomic mass is 32.2. The fourth-order valence-electron chi connectivity index (χ4n) is 1.80. The zero-order valence-electron chi connectivity index (χ0n) is 11.2. The number of carbonyl (C=O) groups is 1. The van der Waals surface area contributed by atoms with Crippen LogP contribution in [0.5, 0.6) is 0 Å². The number of carboxylic acid groups (broad SMARTS) is 1. The normalized spacial score (nSPS) is 11.2.